The van der Waals surface area contributed by atoms with Crippen molar-refractivity contribution < 1.29 is 10.2 Å². The lowest BCUT2D eigenvalue weighted by atomic mass is 10.1. The Balaban J connectivity index is 2.38. The average molecular weight is 257 g/mol. The van der Waals surface area contributed by atoms with Crippen LogP contribution in [0.3, 0.4) is 0 Å². The van der Waals surface area contributed by atoms with Gasteiger partial charge >= 0.3 is 0 Å². The van der Waals surface area contributed by atoms with Crippen molar-refractivity contribution in [1.29, 1.82) is 0 Å². The quantitative estimate of drug-likeness (QED) is 0.836. The zero-order valence-corrected chi connectivity index (χ0v) is 10.8. The number of rotatable bonds is 6. The summed E-state index contributed by atoms with van der Waals surface area (Å²) in [6.45, 7) is 0.0613. The standard InChI is InChI=1S/C16H19NO2/c18-12-11-16(13-19)17(14-7-3-1-4-8-14)15-9-5-2-6-10-15/h1-10,16,18-19H,11-13H2. The zero-order valence-electron chi connectivity index (χ0n) is 10.8. The van der Waals surface area contributed by atoms with Gasteiger partial charge in [-0.05, 0) is 30.7 Å². The molecule has 0 saturated heterocycles. The number of aliphatic hydroxyl groups is 2. The fourth-order valence-corrected chi connectivity index (χ4v) is 2.20. The van der Waals surface area contributed by atoms with Crippen LogP contribution in [0.5, 0.6) is 0 Å². The molecule has 3 heteroatoms. The van der Waals surface area contributed by atoms with Crippen LogP contribution in [-0.2, 0) is 0 Å². The largest absolute Gasteiger partial charge is 0.396 e. The SMILES string of the molecule is OCCC(CO)N(c1ccccc1)c1ccccc1. The van der Waals surface area contributed by atoms with Gasteiger partial charge in [-0.25, -0.2) is 0 Å². The van der Waals surface area contributed by atoms with Crippen LogP contribution in [0.1, 0.15) is 6.42 Å². The molecule has 1 atom stereocenters. The molecule has 2 aromatic carbocycles. The van der Waals surface area contributed by atoms with Gasteiger partial charge in [-0.3, -0.25) is 0 Å². The van der Waals surface area contributed by atoms with Crippen molar-refractivity contribution in [2.45, 2.75) is 12.5 Å². The minimum Gasteiger partial charge on any atom is -0.396 e. The summed E-state index contributed by atoms with van der Waals surface area (Å²) in [5, 5.41) is 18.8. The first-order valence-corrected chi connectivity index (χ1v) is 6.48. The Labute approximate surface area is 113 Å². The highest BCUT2D eigenvalue weighted by Gasteiger charge is 2.19. The van der Waals surface area contributed by atoms with Crippen LogP contribution in [-0.4, -0.2) is 29.5 Å². The molecule has 0 heterocycles. The van der Waals surface area contributed by atoms with Crippen molar-refractivity contribution in [3.05, 3.63) is 60.7 Å². The van der Waals surface area contributed by atoms with Gasteiger partial charge in [0, 0.05) is 18.0 Å². The fraction of sp³-hybridized carbons (Fsp3) is 0.250. The number of hydrogen-bond acceptors (Lipinski definition) is 3. The number of para-hydroxylation sites is 2. The molecule has 1 unspecified atom stereocenters. The number of hydrogen-bond donors (Lipinski definition) is 2. The lowest BCUT2D eigenvalue weighted by molar-refractivity contribution is 0.220. The maximum atomic E-state index is 9.60. The molecule has 2 rings (SSSR count). The third-order valence-electron chi connectivity index (χ3n) is 3.11. The lowest BCUT2D eigenvalue weighted by Crippen LogP contribution is -2.35. The maximum absolute atomic E-state index is 9.60. The molecular weight excluding hydrogens is 238 g/mol. The molecule has 0 aliphatic heterocycles. The number of aliphatic hydroxyl groups excluding tert-OH is 2. The summed E-state index contributed by atoms with van der Waals surface area (Å²) < 4.78 is 0. The normalized spacial score (nSPS) is 12.1. The molecular formula is C16H19NO2. The van der Waals surface area contributed by atoms with Crippen LogP contribution in [0, 0.1) is 0 Å². The Morgan fingerprint density at radius 1 is 0.789 bits per heavy atom. The molecule has 0 saturated carbocycles. The van der Waals surface area contributed by atoms with Gasteiger partial charge < -0.3 is 15.1 Å². The summed E-state index contributed by atoms with van der Waals surface area (Å²) in [5.41, 5.74) is 2.03. The monoisotopic (exact) mass is 257 g/mol. The molecule has 0 aromatic heterocycles. The summed E-state index contributed by atoms with van der Waals surface area (Å²) in [5.74, 6) is 0. The van der Waals surface area contributed by atoms with E-state index in [-0.39, 0.29) is 19.3 Å². The first-order chi connectivity index (χ1) is 9.36. The van der Waals surface area contributed by atoms with E-state index in [0.717, 1.165) is 11.4 Å². The maximum Gasteiger partial charge on any atom is 0.0640 e. The van der Waals surface area contributed by atoms with Crippen molar-refractivity contribution in [2.75, 3.05) is 18.1 Å². The Hall–Kier alpha value is -1.84. The minimum absolute atomic E-state index is 0.00431. The topological polar surface area (TPSA) is 43.7 Å². The van der Waals surface area contributed by atoms with Gasteiger partial charge in [0.15, 0.2) is 0 Å². The Morgan fingerprint density at radius 3 is 1.63 bits per heavy atom. The lowest BCUT2D eigenvalue weighted by Gasteiger charge is -2.32. The van der Waals surface area contributed by atoms with Crippen molar-refractivity contribution in [3.8, 4) is 0 Å². The van der Waals surface area contributed by atoms with Crippen molar-refractivity contribution in [2.24, 2.45) is 0 Å². The molecule has 19 heavy (non-hydrogen) atoms. The van der Waals surface area contributed by atoms with Crippen LogP contribution in [0.4, 0.5) is 11.4 Å². The number of benzene rings is 2. The van der Waals surface area contributed by atoms with Gasteiger partial charge in [-0.15, -0.1) is 0 Å². The van der Waals surface area contributed by atoms with Crippen molar-refractivity contribution in [3.63, 3.8) is 0 Å². The van der Waals surface area contributed by atoms with E-state index in [0.29, 0.717) is 6.42 Å². The molecule has 0 aliphatic carbocycles. The van der Waals surface area contributed by atoms with Crippen molar-refractivity contribution >= 4 is 11.4 Å². The third-order valence-corrected chi connectivity index (χ3v) is 3.11. The van der Waals surface area contributed by atoms with E-state index in [2.05, 4.69) is 4.90 Å². The van der Waals surface area contributed by atoms with Gasteiger partial charge in [0.25, 0.3) is 0 Å². The predicted octanol–water partition coefficient (Wildman–Crippen LogP) is 2.57. The van der Waals surface area contributed by atoms with Gasteiger partial charge in [0.2, 0.25) is 0 Å². The zero-order chi connectivity index (χ0) is 13.5. The Morgan fingerprint density at radius 2 is 1.26 bits per heavy atom. The summed E-state index contributed by atoms with van der Waals surface area (Å²) >= 11 is 0. The van der Waals surface area contributed by atoms with Crippen LogP contribution in [0.25, 0.3) is 0 Å². The minimum atomic E-state index is -0.130. The van der Waals surface area contributed by atoms with E-state index in [1.807, 2.05) is 60.7 Å². The van der Waals surface area contributed by atoms with Crippen molar-refractivity contribution in [1.82, 2.24) is 0 Å². The first-order valence-electron chi connectivity index (χ1n) is 6.48. The smallest absolute Gasteiger partial charge is 0.0640 e. The molecule has 3 nitrogen and oxygen atoms in total. The molecule has 0 aliphatic rings. The van der Waals surface area contributed by atoms with E-state index in [1.165, 1.54) is 0 Å². The van der Waals surface area contributed by atoms with Crippen LogP contribution in [0.2, 0.25) is 0 Å². The highest BCUT2D eigenvalue weighted by Crippen LogP contribution is 2.28. The first kappa shape index (κ1) is 13.6. The fourth-order valence-electron chi connectivity index (χ4n) is 2.20. The molecule has 0 spiro atoms. The van der Waals surface area contributed by atoms with E-state index >= 15 is 0 Å². The highest BCUT2D eigenvalue weighted by molar-refractivity contribution is 5.64. The van der Waals surface area contributed by atoms with Gasteiger partial charge in [0.1, 0.15) is 0 Å². The molecule has 2 aromatic rings. The second kappa shape index (κ2) is 6.92. The average Bonchev–Trinajstić information content (AvgIpc) is 2.49. The van der Waals surface area contributed by atoms with E-state index in [4.69, 9.17) is 0 Å². The van der Waals surface area contributed by atoms with E-state index in [1.54, 1.807) is 0 Å². The molecule has 100 valence electrons. The highest BCUT2D eigenvalue weighted by atomic mass is 16.3. The predicted molar refractivity (Wildman–Crippen MR) is 77.6 cm³/mol. The number of nitrogens with zero attached hydrogens (tertiary/aromatic N) is 1. The van der Waals surface area contributed by atoms with Gasteiger partial charge in [0.05, 0.1) is 12.6 Å². The molecule has 0 fully saturated rings. The summed E-state index contributed by atoms with van der Waals surface area (Å²) in [4.78, 5) is 2.07. The molecule has 0 bridgehead atoms. The van der Waals surface area contributed by atoms with Crippen LogP contribution in [0.15, 0.2) is 60.7 Å². The second-order valence-corrected chi connectivity index (χ2v) is 4.39. The Bertz CT molecular complexity index is 433. The van der Waals surface area contributed by atoms with Crippen LogP contribution >= 0.6 is 0 Å². The second-order valence-electron chi connectivity index (χ2n) is 4.39. The van der Waals surface area contributed by atoms with Gasteiger partial charge in [-0.1, -0.05) is 36.4 Å². The van der Waals surface area contributed by atoms with Crippen LogP contribution < -0.4 is 4.90 Å². The summed E-state index contributed by atoms with van der Waals surface area (Å²) in [6.07, 6.45) is 0.528. The van der Waals surface area contributed by atoms with E-state index in [9.17, 15) is 10.2 Å². The van der Waals surface area contributed by atoms with E-state index < -0.39 is 0 Å². The summed E-state index contributed by atoms with van der Waals surface area (Å²) in [6, 6.07) is 19.7. The molecule has 0 amide bonds. The third kappa shape index (κ3) is 3.34. The molecule has 2 N–H and O–H groups in total. The van der Waals surface area contributed by atoms with Gasteiger partial charge in [-0.2, -0.15) is 0 Å². The Kier molecular flexibility index (Phi) is 4.95. The summed E-state index contributed by atoms with van der Waals surface area (Å²) in [7, 11) is 0. The molecule has 0 radical (unpaired) electrons. The number of anilines is 2.